The van der Waals surface area contributed by atoms with E-state index in [1.54, 1.807) is 0 Å². The fraction of sp³-hybridized carbons (Fsp3) is 0.706. The average molecular weight is 598 g/mol. The van der Waals surface area contributed by atoms with Crippen molar-refractivity contribution >= 4 is 0 Å². The number of nitrogens with zero attached hydrogens (tertiary/aromatic N) is 3. The molecule has 0 aliphatic carbocycles. The van der Waals surface area contributed by atoms with E-state index < -0.39 is 0 Å². The van der Waals surface area contributed by atoms with Gasteiger partial charge in [0.2, 0.25) is 0 Å². The van der Waals surface area contributed by atoms with Crippen molar-refractivity contribution in [2.45, 2.75) is 157 Å². The van der Waals surface area contributed by atoms with E-state index in [4.69, 9.17) is 15.3 Å². The molecular formula is C34H57N6Ti-. The van der Waals surface area contributed by atoms with Gasteiger partial charge in [-0.3, -0.25) is 0 Å². The van der Waals surface area contributed by atoms with Crippen molar-refractivity contribution in [1.29, 1.82) is 0 Å². The summed E-state index contributed by atoms with van der Waals surface area (Å²) in [6.45, 7) is 40.7. The molecule has 0 atom stereocenters. The number of nitrogens with one attached hydrogen (secondary N) is 3. The van der Waals surface area contributed by atoms with Gasteiger partial charge in [-0.2, -0.15) is 0 Å². The fourth-order valence-corrected chi connectivity index (χ4v) is 5.39. The Morgan fingerprint density at radius 3 is 0.707 bits per heavy atom. The van der Waals surface area contributed by atoms with Crippen molar-refractivity contribution in [1.82, 2.24) is 30.6 Å². The molecule has 7 heteroatoms. The molecule has 3 rings (SSSR count). The first kappa shape index (κ1) is 35.4. The molecule has 3 N–H and O–H groups in total. The van der Waals surface area contributed by atoms with Gasteiger partial charge in [0.25, 0.3) is 0 Å². The molecule has 0 aliphatic rings. The number of aromatic amines is 3. The van der Waals surface area contributed by atoms with E-state index in [9.17, 15) is 0 Å². The van der Waals surface area contributed by atoms with E-state index in [0.29, 0.717) is 0 Å². The van der Waals surface area contributed by atoms with E-state index in [1.165, 1.54) is 22.6 Å². The topological polar surface area (TPSA) is 86.0 Å². The predicted octanol–water partition coefficient (Wildman–Crippen LogP) is 8.66. The van der Waals surface area contributed by atoms with Crippen molar-refractivity contribution in [2.75, 3.05) is 0 Å². The van der Waals surface area contributed by atoms with Gasteiger partial charge in [-0.15, -0.1) is 0 Å². The zero-order chi connectivity index (χ0) is 31.0. The van der Waals surface area contributed by atoms with Crippen molar-refractivity contribution in [3.8, 4) is 0 Å². The minimum atomic E-state index is -0.193. The summed E-state index contributed by atoms with van der Waals surface area (Å²) in [5, 5.41) is 25.7. The molecule has 41 heavy (non-hydrogen) atoms. The Hall–Kier alpha value is -1.79. The number of H-pyrrole nitrogens is 3. The van der Waals surface area contributed by atoms with Gasteiger partial charge in [0.1, 0.15) is 0 Å². The van der Waals surface area contributed by atoms with Crippen molar-refractivity contribution in [3.05, 3.63) is 56.8 Å². The molecule has 0 unspecified atom stereocenters. The van der Waals surface area contributed by atoms with Gasteiger partial charge < -0.3 is 15.3 Å². The Labute approximate surface area is 265 Å². The molecule has 0 saturated heterocycles. The molecule has 0 bridgehead atoms. The monoisotopic (exact) mass is 597 g/mol. The Morgan fingerprint density at radius 2 is 0.561 bits per heavy atom. The molecule has 0 amide bonds. The summed E-state index contributed by atoms with van der Waals surface area (Å²) in [6, 6.07) is 0. The molecule has 0 radical (unpaired) electrons. The molecule has 228 valence electrons. The van der Waals surface area contributed by atoms with Crippen LogP contribution >= 0.6 is 0 Å². The van der Waals surface area contributed by atoms with Crippen LogP contribution in [0.2, 0.25) is 0 Å². The van der Waals surface area contributed by atoms with E-state index >= 15 is 0 Å². The maximum absolute atomic E-state index is 5.05. The van der Waals surface area contributed by atoms with Crippen LogP contribution in [0.1, 0.15) is 175 Å². The Kier molecular flexibility index (Phi) is 9.27. The zero-order valence-electron chi connectivity index (χ0n) is 29.3. The number of hydrogen-bond donors (Lipinski definition) is 3. The van der Waals surface area contributed by atoms with Gasteiger partial charge in [-0.05, 0) is 49.2 Å². The molecule has 0 saturated carbocycles. The van der Waals surface area contributed by atoms with Gasteiger partial charge in [-0.1, -0.05) is 131 Å². The van der Waals surface area contributed by atoms with Crippen LogP contribution in [-0.2, 0) is 54.2 Å². The summed E-state index contributed by atoms with van der Waals surface area (Å²) in [6.07, 6.45) is 0. The second kappa shape index (κ2) is 10.7. The molecule has 0 aliphatic heterocycles. The molecule has 3 aromatic heterocycles. The van der Waals surface area contributed by atoms with Crippen LogP contribution in [0, 0.1) is 5.92 Å². The van der Waals surface area contributed by atoms with Crippen LogP contribution in [-0.4, -0.2) is 30.6 Å². The third-order valence-corrected chi connectivity index (χ3v) is 7.43. The van der Waals surface area contributed by atoms with E-state index in [0.717, 1.165) is 34.2 Å². The van der Waals surface area contributed by atoms with Gasteiger partial charge in [0.05, 0.1) is 0 Å². The second-order valence-corrected chi connectivity index (χ2v) is 17.8. The Morgan fingerprint density at radius 1 is 0.366 bits per heavy atom. The normalized spacial score (nSPS) is 13.9. The molecule has 3 aromatic rings. The smallest absolute Gasteiger partial charge is 0.0292 e. The molecule has 3 heterocycles. The first-order valence-electron chi connectivity index (χ1n) is 14.8. The van der Waals surface area contributed by atoms with Crippen LogP contribution in [0.25, 0.3) is 0 Å². The molecule has 0 fully saturated rings. The Bertz CT molecular complexity index is 1080. The fourth-order valence-electron chi connectivity index (χ4n) is 5.39. The van der Waals surface area contributed by atoms with Crippen LogP contribution in [0.5, 0.6) is 0 Å². The average Bonchev–Trinajstić information content (AvgIpc) is 3.42. The maximum atomic E-state index is 5.05. The van der Waals surface area contributed by atoms with Gasteiger partial charge >= 0.3 is 0 Å². The van der Waals surface area contributed by atoms with Gasteiger partial charge in [-0.25, -0.2) is 15.3 Å². The predicted molar refractivity (Wildman–Crippen MR) is 169 cm³/mol. The SMILES string of the molecule is CC(C)(C)c1n[nH]c(C(C)(C)C)c1[C-](c1c(C(C)(C)C)n[nH]c1C(C)(C)C)c1c(C(C)(C)C)n[nH]c1C(C)(C)C.[Ti]. The van der Waals surface area contributed by atoms with Crippen molar-refractivity contribution in [2.24, 2.45) is 0 Å². The molecule has 6 nitrogen and oxygen atoms in total. The molecule has 0 aromatic carbocycles. The van der Waals surface area contributed by atoms with Crippen LogP contribution in [0.4, 0.5) is 0 Å². The summed E-state index contributed by atoms with van der Waals surface area (Å²) in [7, 11) is 0. The third kappa shape index (κ3) is 6.90. The largest absolute Gasteiger partial charge is 0.309 e. The van der Waals surface area contributed by atoms with Gasteiger partial charge in [0, 0.05) is 55.9 Å². The first-order chi connectivity index (χ1) is 17.7. The van der Waals surface area contributed by atoms with Crippen LogP contribution in [0.3, 0.4) is 0 Å². The van der Waals surface area contributed by atoms with E-state index in [2.05, 4.69) is 140 Å². The summed E-state index contributed by atoms with van der Waals surface area (Å²) in [4.78, 5) is 0. The van der Waals surface area contributed by atoms with Crippen molar-refractivity contribution < 1.29 is 21.7 Å². The maximum Gasteiger partial charge on any atom is 0.0292 e. The number of aromatic nitrogens is 6. The second-order valence-electron chi connectivity index (χ2n) is 17.8. The minimum Gasteiger partial charge on any atom is -0.309 e. The number of rotatable bonds is 3. The standard InChI is InChI=1S/C34H57N6.Ti/c1-29(2,3)23-20(24(36-35-23)30(4,5)6)19(21-25(31(7,8)9)37-38-26(21)32(10,11)12)22-27(33(13,14)15)39-40-28(22)34(16,17)18;/h1-18H3,(H,35,36)(H,37,38)(H,39,40);/q-1;. The van der Waals surface area contributed by atoms with E-state index in [-0.39, 0.29) is 54.2 Å². The number of hydrogen-bond acceptors (Lipinski definition) is 3. The van der Waals surface area contributed by atoms with Crippen LogP contribution in [0.15, 0.2) is 0 Å². The molecular weight excluding hydrogens is 540 g/mol. The quantitative estimate of drug-likeness (QED) is 0.209. The van der Waals surface area contributed by atoms with Crippen LogP contribution < -0.4 is 0 Å². The summed E-state index contributed by atoms with van der Waals surface area (Å²) in [5.41, 5.74) is 9.04. The minimum absolute atomic E-state index is 0. The Balaban J connectivity index is 0.00000588. The zero-order valence-corrected chi connectivity index (χ0v) is 30.9. The van der Waals surface area contributed by atoms with Gasteiger partial charge in [0.15, 0.2) is 0 Å². The third-order valence-electron chi connectivity index (χ3n) is 7.43. The summed E-state index contributed by atoms with van der Waals surface area (Å²) < 4.78 is 0. The summed E-state index contributed by atoms with van der Waals surface area (Å²) >= 11 is 0. The molecule has 0 spiro atoms. The first-order valence-corrected chi connectivity index (χ1v) is 14.8. The van der Waals surface area contributed by atoms with E-state index in [1.807, 2.05) is 0 Å². The van der Waals surface area contributed by atoms with Crippen molar-refractivity contribution in [3.63, 3.8) is 0 Å². The summed E-state index contributed by atoms with van der Waals surface area (Å²) in [5.74, 6) is 1.18.